The van der Waals surface area contributed by atoms with Crippen LogP contribution in [0, 0.1) is 0 Å². The van der Waals surface area contributed by atoms with Gasteiger partial charge in [-0.15, -0.1) is 0 Å². The molecular weight excluding hydrogens is 220 g/mol. The molecule has 1 heterocycles. The Morgan fingerprint density at radius 2 is 1.00 bits per heavy atom. The van der Waals surface area contributed by atoms with E-state index in [0.717, 1.165) is 33.9 Å². The summed E-state index contributed by atoms with van der Waals surface area (Å²) < 4.78 is 0. The van der Waals surface area contributed by atoms with Gasteiger partial charge in [0.1, 0.15) is 0 Å². The fraction of sp³-hybridized carbons (Fsp3) is 0.125. The quantitative estimate of drug-likeness (QED) is 0.650. The molecule has 0 aliphatic carbocycles. The van der Waals surface area contributed by atoms with Gasteiger partial charge in [-0.1, -0.05) is 36.4 Å². The third-order valence-corrected chi connectivity index (χ3v) is 3.16. The van der Waals surface area contributed by atoms with Crippen molar-refractivity contribution in [3.63, 3.8) is 0 Å². The van der Waals surface area contributed by atoms with Crippen molar-refractivity contribution < 1.29 is 0 Å². The van der Waals surface area contributed by atoms with Crippen LogP contribution in [-0.2, 0) is 0 Å². The molecule has 0 bridgehead atoms. The molecule has 1 aliphatic rings. The average Bonchev–Trinajstić information content (AvgIpc) is 2.39. The molecule has 2 nitrogen and oxygen atoms in total. The van der Waals surface area contributed by atoms with Crippen molar-refractivity contribution in [3.8, 4) is 0 Å². The molecule has 0 radical (unpaired) electrons. The molecule has 0 fully saturated rings. The van der Waals surface area contributed by atoms with Crippen LogP contribution in [0.15, 0.2) is 58.5 Å². The number of fused-ring (bicyclic) bond motifs is 2. The number of hydrogen-bond donors (Lipinski definition) is 0. The lowest BCUT2D eigenvalue weighted by molar-refractivity contribution is 1.38. The minimum Gasteiger partial charge on any atom is -0.251 e. The van der Waals surface area contributed by atoms with Crippen molar-refractivity contribution in [1.82, 2.24) is 0 Å². The van der Waals surface area contributed by atoms with Crippen molar-refractivity contribution in [2.24, 2.45) is 9.98 Å². The van der Waals surface area contributed by atoms with E-state index in [9.17, 15) is 0 Å². The zero-order chi connectivity index (χ0) is 12.5. The van der Waals surface area contributed by atoms with E-state index in [1.165, 1.54) is 0 Å². The second kappa shape index (κ2) is 4.22. The summed E-state index contributed by atoms with van der Waals surface area (Å²) in [6, 6.07) is 16.3. The number of benzene rings is 2. The van der Waals surface area contributed by atoms with Gasteiger partial charge in [0.2, 0.25) is 0 Å². The van der Waals surface area contributed by atoms with E-state index in [-0.39, 0.29) is 0 Å². The van der Waals surface area contributed by atoms with E-state index in [4.69, 9.17) is 0 Å². The van der Waals surface area contributed by atoms with Gasteiger partial charge in [-0.05, 0) is 26.0 Å². The maximum atomic E-state index is 4.68. The summed E-state index contributed by atoms with van der Waals surface area (Å²) >= 11 is 0. The van der Waals surface area contributed by atoms with Gasteiger partial charge >= 0.3 is 0 Å². The lowest BCUT2D eigenvalue weighted by Gasteiger charge is -2.13. The molecule has 0 unspecified atom stereocenters. The van der Waals surface area contributed by atoms with Crippen molar-refractivity contribution in [2.45, 2.75) is 13.8 Å². The van der Waals surface area contributed by atoms with Gasteiger partial charge in [0, 0.05) is 22.6 Å². The van der Waals surface area contributed by atoms with Gasteiger partial charge in [-0.25, -0.2) is 0 Å². The summed E-state index contributed by atoms with van der Waals surface area (Å²) in [5.74, 6) is 0. The summed E-state index contributed by atoms with van der Waals surface area (Å²) in [6.07, 6.45) is 0. The molecule has 3 rings (SSSR count). The molecule has 0 amide bonds. The van der Waals surface area contributed by atoms with Crippen LogP contribution < -0.4 is 0 Å². The van der Waals surface area contributed by atoms with Crippen LogP contribution in [0.2, 0.25) is 0 Å². The predicted octanol–water partition coefficient (Wildman–Crippen LogP) is 4.28. The highest BCUT2D eigenvalue weighted by atomic mass is 14.8. The molecule has 0 saturated heterocycles. The molecule has 0 aromatic heterocycles. The molecule has 0 spiro atoms. The Hall–Kier alpha value is -2.22. The molecule has 1 aliphatic heterocycles. The standard InChI is InChI=1S/C16H14N2/c1-11-13-7-3-4-8-14(13)12(2)18-16-10-6-5-9-15(16)17-11/h3-10H,1-2H3. The van der Waals surface area contributed by atoms with Gasteiger partial charge in [0.25, 0.3) is 0 Å². The Morgan fingerprint density at radius 1 is 0.611 bits per heavy atom. The van der Waals surface area contributed by atoms with Crippen LogP contribution in [0.1, 0.15) is 25.0 Å². The minimum absolute atomic E-state index is 0.934. The van der Waals surface area contributed by atoms with Gasteiger partial charge in [0.05, 0.1) is 11.4 Å². The summed E-state index contributed by atoms with van der Waals surface area (Å²) in [7, 11) is 0. The van der Waals surface area contributed by atoms with Crippen LogP contribution in [0.5, 0.6) is 0 Å². The van der Waals surface area contributed by atoms with Gasteiger partial charge < -0.3 is 0 Å². The first-order valence-corrected chi connectivity index (χ1v) is 6.05. The highest BCUT2D eigenvalue weighted by Crippen LogP contribution is 2.31. The maximum absolute atomic E-state index is 4.68. The highest BCUT2D eigenvalue weighted by molar-refractivity contribution is 6.13. The highest BCUT2D eigenvalue weighted by Gasteiger charge is 2.12. The summed E-state index contributed by atoms with van der Waals surface area (Å²) in [5, 5.41) is 0. The van der Waals surface area contributed by atoms with Crippen LogP contribution in [-0.4, -0.2) is 11.4 Å². The fourth-order valence-electron chi connectivity index (χ4n) is 2.25. The summed E-state index contributed by atoms with van der Waals surface area (Å²) in [4.78, 5) is 9.37. The minimum atomic E-state index is 0.934. The Morgan fingerprint density at radius 3 is 1.44 bits per heavy atom. The molecule has 0 N–H and O–H groups in total. The van der Waals surface area contributed by atoms with E-state index in [1.807, 2.05) is 50.2 Å². The molecular formula is C16H14N2. The second-order valence-electron chi connectivity index (χ2n) is 4.43. The van der Waals surface area contributed by atoms with Crippen LogP contribution in [0.4, 0.5) is 11.4 Å². The summed E-state index contributed by atoms with van der Waals surface area (Å²) in [6.45, 7) is 4.10. The smallest absolute Gasteiger partial charge is 0.0889 e. The lowest BCUT2D eigenvalue weighted by Crippen LogP contribution is -2.06. The molecule has 0 atom stereocenters. The SMILES string of the molecule is CC1=Nc2ccccc2N=C(C)c2ccccc21. The lowest BCUT2D eigenvalue weighted by atomic mass is 9.99. The van der Waals surface area contributed by atoms with E-state index in [0.29, 0.717) is 0 Å². The average molecular weight is 234 g/mol. The number of rotatable bonds is 0. The molecule has 2 aromatic rings. The Bertz CT molecular complexity index is 608. The van der Waals surface area contributed by atoms with Crippen LogP contribution in [0.25, 0.3) is 0 Å². The Balaban J connectivity index is 2.31. The molecule has 2 heteroatoms. The number of aliphatic imine (C=N–C) groups is 2. The maximum Gasteiger partial charge on any atom is 0.0889 e. The third kappa shape index (κ3) is 1.76. The molecule has 0 saturated carbocycles. The van der Waals surface area contributed by atoms with E-state index >= 15 is 0 Å². The number of hydrogen-bond acceptors (Lipinski definition) is 2. The topological polar surface area (TPSA) is 24.7 Å². The molecule has 88 valence electrons. The van der Waals surface area contributed by atoms with Crippen LogP contribution in [0.3, 0.4) is 0 Å². The monoisotopic (exact) mass is 234 g/mol. The molecule has 18 heavy (non-hydrogen) atoms. The Labute approximate surface area is 107 Å². The first-order valence-electron chi connectivity index (χ1n) is 6.05. The van der Waals surface area contributed by atoms with Gasteiger partial charge in [0.15, 0.2) is 0 Å². The fourth-order valence-corrected chi connectivity index (χ4v) is 2.25. The molecule has 2 aromatic carbocycles. The van der Waals surface area contributed by atoms with E-state index < -0.39 is 0 Å². The largest absolute Gasteiger partial charge is 0.251 e. The van der Waals surface area contributed by atoms with Crippen LogP contribution >= 0.6 is 0 Å². The first-order chi connectivity index (χ1) is 8.75. The van der Waals surface area contributed by atoms with Crippen molar-refractivity contribution >= 4 is 22.8 Å². The van der Waals surface area contributed by atoms with Gasteiger partial charge in [-0.2, -0.15) is 0 Å². The van der Waals surface area contributed by atoms with Crippen molar-refractivity contribution in [1.29, 1.82) is 0 Å². The van der Waals surface area contributed by atoms with E-state index in [2.05, 4.69) is 22.1 Å². The zero-order valence-corrected chi connectivity index (χ0v) is 10.5. The predicted molar refractivity (Wildman–Crippen MR) is 76.6 cm³/mol. The zero-order valence-electron chi connectivity index (χ0n) is 10.5. The first kappa shape index (κ1) is 10.9. The normalized spacial score (nSPS) is 13.7. The van der Waals surface area contributed by atoms with Gasteiger partial charge in [-0.3, -0.25) is 9.98 Å². The van der Waals surface area contributed by atoms with Crippen molar-refractivity contribution in [3.05, 3.63) is 59.7 Å². The summed E-state index contributed by atoms with van der Waals surface area (Å²) in [5.41, 5.74) is 6.26. The van der Waals surface area contributed by atoms with E-state index in [1.54, 1.807) is 0 Å². The van der Waals surface area contributed by atoms with Crippen molar-refractivity contribution in [2.75, 3.05) is 0 Å². The number of nitrogens with zero attached hydrogens (tertiary/aromatic N) is 2. The second-order valence-corrected chi connectivity index (χ2v) is 4.43. The third-order valence-electron chi connectivity index (χ3n) is 3.16. The Kier molecular flexibility index (Phi) is 2.56. The number of para-hydroxylation sites is 2.